The quantitative estimate of drug-likeness (QED) is 0.275. The predicted molar refractivity (Wildman–Crippen MR) is 138 cm³/mol. The Hall–Kier alpha value is -4.51. The van der Waals surface area contributed by atoms with Gasteiger partial charge in [-0.2, -0.15) is 0 Å². The van der Waals surface area contributed by atoms with Crippen LogP contribution in [0.1, 0.15) is 0 Å². The van der Waals surface area contributed by atoms with Gasteiger partial charge in [-0.3, -0.25) is 9.36 Å². The second-order valence-electron chi connectivity index (χ2n) is 7.72. The molecule has 0 unspecified atom stereocenters. The Morgan fingerprint density at radius 2 is 1.75 bits per heavy atom. The number of hydrogen-bond donors (Lipinski definition) is 3. The summed E-state index contributed by atoms with van der Waals surface area (Å²) in [6, 6.07) is 20.2. The molecule has 0 atom stereocenters. The molecule has 5 aromatic rings. The fourth-order valence-electron chi connectivity index (χ4n) is 3.77. The Balaban J connectivity index is 1.42. The van der Waals surface area contributed by atoms with Crippen LogP contribution in [0, 0.1) is 0 Å². The Morgan fingerprint density at radius 1 is 0.972 bits per heavy atom. The number of benzene rings is 3. The number of anilines is 1. The van der Waals surface area contributed by atoms with Crippen molar-refractivity contribution < 1.29 is 14.3 Å². The molecular weight excluding hydrogens is 480 g/mol. The lowest BCUT2D eigenvalue weighted by Gasteiger charge is -2.13. The van der Waals surface area contributed by atoms with Crippen LogP contribution in [0.15, 0.2) is 76.7 Å². The van der Waals surface area contributed by atoms with Crippen molar-refractivity contribution in [1.29, 1.82) is 0 Å². The number of H-pyrrole nitrogens is 2. The molecule has 0 aliphatic rings. The van der Waals surface area contributed by atoms with Crippen molar-refractivity contribution in [3.05, 3.63) is 77.2 Å². The van der Waals surface area contributed by atoms with Crippen LogP contribution < -0.4 is 20.5 Å². The lowest BCUT2D eigenvalue weighted by Crippen LogP contribution is -2.14. The summed E-state index contributed by atoms with van der Waals surface area (Å²) in [6.45, 7) is 0. The number of nitrogens with zero attached hydrogens (tertiary/aromatic N) is 3. The predicted octanol–water partition coefficient (Wildman–Crippen LogP) is 3.85. The summed E-state index contributed by atoms with van der Waals surface area (Å²) in [6.07, 6.45) is 0. The van der Waals surface area contributed by atoms with E-state index in [1.54, 1.807) is 32.4 Å². The van der Waals surface area contributed by atoms with E-state index >= 15 is 0 Å². The van der Waals surface area contributed by atoms with E-state index in [-0.39, 0.29) is 17.3 Å². The van der Waals surface area contributed by atoms with Gasteiger partial charge in [0.2, 0.25) is 5.91 Å². The van der Waals surface area contributed by atoms with Gasteiger partial charge in [-0.1, -0.05) is 23.9 Å². The molecule has 0 fully saturated rings. The number of carbonyl (C=O) groups excluding carboxylic acids is 1. The van der Waals surface area contributed by atoms with Crippen molar-refractivity contribution in [2.75, 3.05) is 25.3 Å². The van der Waals surface area contributed by atoms with Gasteiger partial charge in [0.25, 0.3) is 0 Å². The second kappa shape index (κ2) is 10.0. The number of methoxy groups -OCH3 is 2. The minimum atomic E-state index is -0.298. The zero-order valence-corrected chi connectivity index (χ0v) is 20.3. The van der Waals surface area contributed by atoms with Crippen molar-refractivity contribution in [2.24, 2.45) is 0 Å². The Bertz CT molecular complexity index is 1590. The number of imidazole rings is 1. The van der Waals surface area contributed by atoms with Gasteiger partial charge < -0.3 is 24.8 Å². The van der Waals surface area contributed by atoms with E-state index in [0.717, 1.165) is 17.0 Å². The molecule has 11 heteroatoms. The zero-order valence-electron chi connectivity index (χ0n) is 19.4. The Morgan fingerprint density at radius 3 is 2.53 bits per heavy atom. The highest BCUT2D eigenvalue weighted by Gasteiger charge is 2.20. The van der Waals surface area contributed by atoms with Gasteiger partial charge in [-0.25, -0.2) is 4.79 Å². The molecule has 3 aromatic carbocycles. The SMILES string of the molecule is COc1ccc(-n2c(SCC(=O)Nc3ccc4[nH]c(=O)[nH]c4c3)nnc2-c2ccccc2OC)cc1. The molecule has 0 spiro atoms. The fraction of sp³-hybridized carbons (Fsp3) is 0.120. The number of carbonyl (C=O) groups is 1. The van der Waals surface area contributed by atoms with E-state index in [2.05, 4.69) is 25.5 Å². The highest BCUT2D eigenvalue weighted by Crippen LogP contribution is 2.33. The van der Waals surface area contributed by atoms with E-state index in [0.29, 0.717) is 33.5 Å². The average molecular weight is 503 g/mol. The number of thioether (sulfide) groups is 1. The third-order valence-electron chi connectivity index (χ3n) is 5.44. The van der Waals surface area contributed by atoms with E-state index in [1.165, 1.54) is 11.8 Å². The first-order valence-corrected chi connectivity index (χ1v) is 11.9. The van der Waals surface area contributed by atoms with Gasteiger partial charge in [0.15, 0.2) is 11.0 Å². The van der Waals surface area contributed by atoms with E-state index in [1.807, 2.05) is 53.1 Å². The van der Waals surface area contributed by atoms with E-state index in [9.17, 15) is 9.59 Å². The molecule has 3 N–H and O–H groups in total. The van der Waals surface area contributed by atoms with Crippen molar-refractivity contribution in [3.63, 3.8) is 0 Å². The minimum absolute atomic E-state index is 0.0991. The fourth-order valence-corrected chi connectivity index (χ4v) is 4.52. The lowest BCUT2D eigenvalue weighted by atomic mass is 10.2. The minimum Gasteiger partial charge on any atom is -0.497 e. The molecule has 0 radical (unpaired) electrons. The molecule has 2 heterocycles. The van der Waals surface area contributed by atoms with Crippen LogP contribution in [-0.2, 0) is 4.79 Å². The largest absolute Gasteiger partial charge is 0.497 e. The average Bonchev–Trinajstić information content (AvgIpc) is 3.49. The molecule has 0 saturated heterocycles. The molecule has 0 bridgehead atoms. The van der Waals surface area contributed by atoms with Crippen molar-refractivity contribution in [3.8, 4) is 28.6 Å². The van der Waals surface area contributed by atoms with Gasteiger partial charge in [0.05, 0.1) is 42.3 Å². The number of ether oxygens (including phenoxy) is 2. The maximum absolute atomic E-state index is 12.7. The number of hydrogen-bond acceptors (Lipinski definition) is 7. The summed E-state index contributed by atoms with van der Waals surface area (Å²) in [7, 11) is 3.22. The van der Waals surface area contributed by atoms with Gasteiger partial charge in [-0.15, -0.1) is 10.2 Å². The maximum Gasteiger partial charge on any atom is 0.323 e. The highest BCUT2D eigenvalue weighted by atomic mass is 32.2. The normalized spacial score (nSPS) is 10.9. The molecule has 0 aliphatic heterocycles. The number of para-hydroxylation sites is 1. The summed E-state index contributed by atoms with van der Waals surface area (Å²) in [5.41, 5.74) is 3.15. The maximum atomic E-state index is 12.7. The molecule has 1 amide bonds. The Labute approximate surface area is 209 Å². The first-order valence-electron chi connectivity index (χ1n) is 10.9. The third kappa shape index (κ3) is 4.68. The summed E-state index contributed by atoms with van der Waals surface area (Å²) in [4.78, 5) is 29.6. The first-order chi connectivity index (χ1) is 17.6. The molecule has 182 valence electrons. The van der Waals surface area contributed by atoms with Gasteiger partial charge in [0.1, 0.15) is 11.5 Å². The molecule has 2 aromatic heterocycles. The molecule has 36 heavy (non-hydrogen) atoms. The van der Waals surface area contributed by atoms with Crippen LogP contribution in [0.4, 0.5) is 5.69 Å². The standard InChI is InChI=1S/C25H22N6O4S/c1-34-17-10-8-16(9-11-17)31-23(18-5-3-4-6-21(18)35-2)29-30-25(31)36-14-22(32)26-15-7-12-19-20(13-15)28-24(33)27-19/h3-13H,14H2,1-2H3,(H,26,32)(H2,27,28,33). The molecular formula is C25H22N6O4S. The Kier molecular flexibility index (Phi) is 6.46. The monoisotopic (exact) mass is 502 g/mol. The number of aromatic amines is 2. The molecule has 0 aliphatic carbocycles. The smallest absolute Gasteiger partial charge is 0.323 e. The number of rotatable bonds is 8. The van der Waals surface area contributed by atoms with Crippen molar-refractivity contribution >= 4 is 34.4 Å². The van der Waals surface area contributed by atoms with Crippen LogP contribution in [0.2, 0.25) is 0 Å². The van der Waals surface area contributed by atoms with Crippen LogP contribution in [0.5, 0.6) is 11.5 Å². The van der Waals surface area contributed by atoms with Crippen LogP contribution in [0.25, 0.3) is 28.1 Å². The van der Waals surface area contributed by atoms with Crippen LogP contribution >= 0.6 is 11.8 Å². The summed E-state index contributed by atoms with van der Waals surface area (Å²) in [5, 5.41) is 12.2. The van der Waals surface area contributed by atoms with E-state index < -0.39 is 0 Å². The number of nitrogens with one attached hydrogen (secondary N) is 3. The number of aromatic nitrogens is 5. The third-order valence-corrected chi connectivity index (χ3v) is 6.37. The number of fused-ring (bicyclic) bond motifs is 1. The number of amides is 1. The summed E-state index contributed by atoms with van der Waals surface area (Å²) >= 11 is 1.26. The van der Waals surface area contributed by atoms with Gasteiger partial charge in [0, 0.05) is 5.69 Å². The topological polar surface area (TPSA) is 127 Å². The van der Waals surface area contributed by atoms with Gasteiger partial charge in [-0.05, 0) is 54.6 Å². The summed E-state index contributed by atoms with van der Waals surface area (Å²) in [5.74, 6) is 1.84. The zero-order chi connectivity index (χ0) is 25.1. The molecule has 5 rings (SSSR count). The summed E-state index contributed by atoms with van der Waals surface area (Å²) < 4.78 is 12.7. The second-order valence-corrected chi connectivity index (χ2v) is 8.66. The first kappa shape index (κ1) is 23.2. The van der Waals surface area contributed by atoms with Crippen LogP contribution in [0.3, 0.4) is 0 Å². The van der Waals surface area contributed by atoms with Gasteiger partial charge >= 0.3 is 5.69 Å². The molecule has 10 nitrogen and oxygen atoms in total. The lowest BCUT2D eigenvalue weighted by molar-refractivity contribution is -0.113. The van der Waals surface area contributed by atoms with Crippen molar-refractivity contribution in [1.82, 2.24) is 24.7 Å². The highest BCUT2D eigenvalue weighted by molar-refractivity contribution is 7.99. The molecule has 0 saturated carbocycles. The van der Waals surface area contributed by atoms with E-state index in [4.69, 9.17) is 9.47 Å². The van der Waals surface area contributed by atoms with Crippen molar-refractivity contribution in [2.45, 2.75) is 5.16 Å². The van der Waals surface area contributed by atoms with Crippen LogP contribution in [-0.4, -0.2) is 50.6 Å².